The topological polar surface area (TPSA) is 83.0 Å². The second kappa shape index (κ2) is 10.2. The van der Waals surface area contributed by atoms with Crippen LogP contribution in [-0.4, -0.2) is 71.9 Å². The zero-order valence-electron chi connectivity index (χ0n) is 20.0. The van der Waals surface area contributed by atoms with Gasteiger partial charge in [0.1, 0.15) is 5.82 Å². The van der Waals surface area contributed by atoms with Crippen LogP contribution in [0.1, 0.15) is 54.9 Å². The third-order valence-corrected chi connectivity index (χ3v) is 7.59. The van der Waals surface area contributed by atoms with Crippen molar-refractivity contribution < 1.29 is 19.1 Å². The number of ether oxygens (including phenoxy) is 1. The molecule has 2 aromatic rings. The molecule has 0 radical (unpaired) electrons. The monoisotopic (exact) mass is 484 g/mol. The van der Waals surface area contributed by atoms with E-state index >= 15 is 0 Å². The van der Waals surface area contributed by atoms with Gasteiger partial charge in [0.05, 0.1) is 17.5 Å². The molecule has 2 aromatic heterocycles. The smallest absolute Gasteiger partial charge is 0.323 e. The van der Waals surface area contributed by atoms with Crippen molar-refractivity contribution in [2.45, 2.75) is 39.7 Å². The van der Waals surface area contributed by atoms with Crippen LogP contribution < -0.4 is 4.90 Å². The fourth-order valence-electron chi connectivity index (χ4n) is 4.96. The van der Waals surface area contributed by atoms with E-state index in [0.29, 0.717) is 38.5 Å². The summed E-state index contributed by atoms with van der Waals surface area (Å²) in [5.74, 6) is -0.147. The Kier molecular flexibility index (Phi) is 7.33. The minimum atomic E-state index is -1.40. The average molecular weight is 485 g/mol. The highest BCUT2D eigenvalue weighted by molar-refractivity contribution is 7.12. The predicted molar refractivity (Wildman–Crippen MR) is 131 cm³/mol. The van der Waals surface area contributed by atoms with Gasteiger partial charge in [0.15, 0.2) is 5.41 Å². The van der Waals surface area contributed by atoms with E-state index in [1.54, 1.807) is 24.9 Å². The highest BCUT2D eigenvalue weighted by Crippen LogP contribution is 2.49. The summed E-state index contributed by atoms with van der Waals surface area (Å²) in [6.45, 7) is 8.37. The van der Waals surface area contributed by atoms with E-state index in [-0.39, 0.29) is 18.4 Å². The first-order valence-electron chi connectivity index (χ1n) is 11.9. The van der Waals surface area contributed by atoms with Gasteiger partial charge in [0.25, 0.3) is 5.91 Å². The predicted octanol–water partition coefficient (Wildman–Crippen LogP) is 3.36. The number of amides is 2. The van der Waals surface area contributed by atoms with Crippen molar-refractivity contribution >= 4 is 34.9 Å². The average Bonchev–Trinajstić information content (AvgIpc) is 3.39. The first-order chi connectivity index (χ1) is 16.4. The third kappa shape index (κ3) is 4.22. The maximum absolute atomic E-state index is 13.9. The first-order valence-corrected chi connectivity index (χ1v) is 12.8. The molecule has 2 aliphatic heterocycles. The molecule has 0 N–H and O–H groups in total. The molecule has 34 heavy (non-hydrogen) atoms. The molecule has 182 valence electrons. The van der Waals surface area contributed by atoms with Gasteiger partial charge in [-0.1, -0.05) is 25.5 Å². The Hall–Kier alpha value is -2.78. The van der Waals surface area contributed by atoms with Gasteiger partial charge in [-0.2, -0.15) is 0 Å². The molecule has 2 amide bonds. The maximum Gasteiger partial charge on any atom is 0.323 e. The molecule has 1 fully saturated rings. The van der Waals surface area contributed by atoms with Crippen LogP contribution in [-0.2, 0) is 14.3 Å². The number of anilines is 1. The van der Waals surface area contributed by atoms with Gasteiger partial charge in [0, 0.05) is 44.5 Å². The minimum Gasteiger partial charge on any atom is -0.465 e. The molecule has 4 rings (SSSR count). The van der Waals surface area contributed by atoms with Crippen LogP contribution in [0.3, 0.4) is 0 Å². The molecular formula is C25H32N4O4S. The molecule has 0 aromatic carbocycles. The van der Waals surface area contributed by atoms with Gasteiger partial charge >= 0.3 is 5.97 Å². The normalized spacial score (nSPS) is 23.0. The van der Waals surface area contributed by atoms with Crippen LogP contribution in [0.2, 0.25) is 0 Å². The number of hydrogen-bond donors (Lipinski definition) is 0. The number of thiophene rings is 1. The summed E-state index contributed by atoms with van der Waals surface area (Å²) in [6, 6.07) is 7.01. The summed E-state index contributed by atoms with van der Waals surface area (Å²) in [6.07, 6.45) is 3.42. The standard InChI is InChI=1S/C25H32N4O4S/c1-4-6-12-29-21-18(9-7-11-26-21)20(25(3,23(29)31)24(32)33-5-2)27-13-15-28(16-14-27)22(30)19-10-8-17-34-19/h7-11,17,20H,4-6,12-16H2,1-3H3. The number of hydrogen-bond acceptors (Lipinski definition) is 7. The van der Waals surface area contributed by atoms with Crippen LogP contribution in [0.4, 0.5) is 5.82 Å². The van der Waals surface area contributed by atoms with E-state index < -0.39 is 17.4 Å². The Bertz CT molecular complexity index is 1040. The third-order valence-electron chi connectivity index (χ3n) is 6.74. The summed E-state index contributed by atoms with van der Waals surface area (Å²) in [7, 11) is 0. The van der Waals surface area contributed by atoms with Crippen molar-refractivity contribution in [3.05, 3.63) is 46.3 Å². The lowest BCUT2D eigenvalue weighted by atomic mass is 9.73. The number of carbonyl (C=O) groups excluding carboxylic acids is 3. The Morgan fingerprint density at radius 1 is 1.18 bits per heavy atom. The number of esters is 1. The molecule has 9 heteroatoms. The highest BCUT2D eigenvalue weighted by Gasteiger charge is 2.58. The van der Waals surface area contributed by atoms with Crippen molar-refractivity contribution in [3.8, 4) is 0 Å². The Labute approximate surface area is 204 Å². The summed E-state index contributed by atoms with van der Waals surface area (Å²) in [5, 5.41) is 1.90. The summed E-state index contributed by atoms with van der Waals surface area (Å²) in [4.78, 5) is 51.0. The molecule has 2 unspecified atom stereocenters. The van der Waals surface area contributed by atoms with E-state index in [1.165, 1.54) is 11.3 Å². The highest BCUT2D eigenvalue weighted by atomic mass is 32.1. The number of pyridine rings is 1. The minimum absolute atomic E-state index is 0.0235. The number of carbonyl (C=O) groups is 3. The number of aromatic nitrogens is 1. The molecule has 2 atom stereocenters. The quantitative estimate of drug-likeness (QED) is 0.443. The van der Waals surface area contributed by atoms with Crippen LogP contribution >= 0.6 is 11.3 Å². The lowest BCUT2D eigenvalue weighted by Crippen LogP contribution is -2.61. The lowest BCUT2D eigenvalue weighted by Gasteiger charge is -2.49. The molecule has 2 aliphatic rings. The van der Waals surface area contributed by atoms with Crippen LogP contribution in [0.15, 0.2) is 35.8 Å². The van der Waals surface area contributed by atoms with Crippen molar-refractivity contribution in [1.82, 2.24) is 14.8 Å². The lowest BCUT2D eigenvalue weighted by molar-refractivity contribution is -0.165. The van der Waals surface area contributed by atoms with Crippen molar-refractivity contribution in [1.29, 1.82) is 0 Å². The van der Waals surface area contributed by atoms with Gasteiger partial charge < -0.3 is 9.64 Å². The number of nitrogens with zero attached hydrogens (tertiary/aromatic N) is 4. The van der Waals surface area contributed by atoms with Crippen molar-refractivity contribution in [2.24, 2.45) is 5.41 Å². The van der Waals surface area contributed by atoms with E-state index in [9.17, 15) is 14.4 Å². The zero-order chi connectivity index (χ0) is 24.3. The van der Waals surface area contributed by atoms with Crippen LogP contribution in [0.25, 0.3) is 0 Å². The number of piperazine rings is 1. The van der Waals surface area contributed by atoms with Gasteiger partial charge in [0.2, 0.25) is 5.91 Å². The zero-order valence-corrected chi connectivity index (χ0v) is 20.8. The molecule has 0 spiro atoms. The number of unbranched alkanes of at least 4 members (excludes halogenated alkanes) is 1. The molecule has 1 saturated heterocycles. The summed E-state index contributed by atoms with van der Waals surface area (Å²) >= 11 is 1.44. The van der Waals surface area contributed by atoms with Crippen LogP contribution in [0.5, 0.6) is 0 Å². The number of fused-ring (bicyclic) bond motifs is 1. The summed E-state index contributed by atoms with van der Waals surface area (Å²) < 4.78 is 5.46. The largest absolute Gasteiger partial charge is 0.465 e. The van der Waals surface area contributed by atoms with Crippen molar-refractivity contribution in [2.75, 3.05) is 44.2 Å². The van der Waals surface area contributed by atoms with Gasteiger partial charge in [-0.3, -0.25) is 24.2 Å². The van der Waals surface area contributed by atoms with Crippen LogP contribution in [0, 0.1) is 5.41 Å². The first kappa shape index (κ1) is 24.3. The van der Waals surface area contributed by atoms with E-state index in [1.807, 2.05) is 34.5 Å². The van der Waals surface area contributed by atoms with Crippen molar-refractivity contribution in [3.63, 3.8) is 0 Å². The molecule has 0 aliphatic carbocycles. The number of rotatable bonds is 7. The fourth-order valence-corrected chi connectivity index (χ4v) is 5.65. The molecule has 0 bridgehead atoms. The fraction of sp³-hybridized carbons (Fsp3) is 0.520. The molecule has 4 heterocycles. The van der Waals surface area contributed by atoms with Gasteiger partial charge in [-0.05, 0) is 37.8 Å². The van der Waals surface area contributed by atoms with E-state index in [4.69, 9.17) is 4.74 Å². The molecule has 0 saturated carbocycles. The Morgan fingerprint density at radius 3 is 2.59 bits per heavy atom. The molecule has 8 nitrogen and oxygen atoms in total. The Balaban J connectivity index is 1.68. The van der Waals surface area contributed by atoms with Gasteiger partial charge in [-0.25, -0.2) is 4.98 Å². The summed E-state index contributed by atoms with van der Waals surface area (Å²) in [5.41, 5.74) is -0.550. The van der Waals surface area contributed by atoms with Gasteiger partial charge in [-0.15, -0.1) is 11.3 Å². The molecular weight excluding hydrogens is 452 g/mol. The maximum atomic E-state index is 13.9. The SMILES string of the molecule is CCCCN1C(=O)C(C)(C(=O)OCC)C(N2CCN(C(=O)c3cccs3)CC2)c2cccnc21. The van der Waals surface area contributed by atoms with E-state index in [2.05, 4.69) is 16.8 Å². The van der Waals surface area contributed by atoms with E-state index in [0.717, 1.165) is 23.3 Å². The Morgan fingerprint density at radius 2 is 1.94 bits per heavy atom. The second-order valence-corrected chi connectivity index (χ2v) is 9.81. The second-order valence-electron chi connectivity index (χ2n) is 8.86.